The van der Waals surface area contributed by atoms with E-state index in [9.17, 15) is 0 Å². The van der Waals surface area contributed by atoms with Crippen LogP contribution >= 0.6 is 0 Å². The van der Waals surface area contributed by atoms with Gasteiger partial charge in [-0.1, -0.05) is 39.0 Å². The molecule has 1 fully saturated rings. The molecular weight excluding hydrogens is 164 g/mol. The topological polar surface area (TPSA) is 18.5 Å². The molecule has 1 aliphatic rings. The van der Waals surface area contributed by atoms with E-state index in [4.69, 9.17) is 9.47 Å². The second-order valence-corrected chi connectivity index (χ2v) is 3.85. The van der Waals surface area contributed by atoms with Crippen molar-refractivity contribution < 1.29 is 9.47 Å². The van der Waals surface area contributed by atoms with Crippen molar-refractivity contribution >= 4 is 0 Å². The number of ether oxygens (including phenoxy) is 2. The van der Waals surface area contributed by atoms with Crippen LogP contribution in [0.1, 0.15) is 45.4 Å². The van der Waals surface area contributed by atoms with Gasteiger partial charge in [0.1, 0.15) is 6.10 Å². The molecule has 0 saturated carbocycles. The molecule has 0 radical (unpaired) electrons. The second-order valence-electron chi connectivity index (χ2n) is 3.85. The summed E-state index contributed by atoms with van der Waals surface area (Å²) < 4.78 is 10.7. The van der Waals surface area contributed by atoms with E-state index in [1.165, 1.54) is 38.5 Å². The first-order valence-corrected chi connectivity index (χ1v) is 5.53. The Balaban J connectivity index is 1.88. The van der Waals surface area contributed by atoms with Crippen LogP contribution in [0.5, 0.6) is 0 Å². The van der Waals surface area contributed by atoms with Crippen molar-refractivity contribution in [2.24, 2.45) is 0 Å². The highest BCUT2D eigenvalue weighted by Crippen LogP contribution is 2.21. The molecule has 0 aromatic carbocycles. The van der Waals surface area contributed by atoms with Crippen molar-refractivity contribution in [3.63, 3.8) is 0 Å². The zero-order chi connectivity index (χ0) is 9.52. The molecule has 1 saturated heterocycles. The third-order valence-electron chi connectivity index (χ3n) is 2.78. The molecule has 0 N–H and O–H groups in total. The summed E-state index contributed by atoms with van der Waals surface area (Å²) in [5.74, 6) is 0. The fourth-order valence-corrected chi connectivity index (χ4v) is 1.75. The highest BCUT2D eigenvalue weighted by molar-refractivity contribution is 4.78. The standard InChI is InChI=1S/C11H22O2/c1-3-4-5-6-7-8-10-11(12-2)9-13-10/h10-11H,3-9H2,1-2H3. The van der Waals surface area contributed by atoms with Gasteiger partial charge in [-0.05, 0) is 6.42 Å². The first-order chi connectivity index (χ1) is 6.38. The maximum atomic E-state index is 5.42. The lowest BCUT2D eigenvalue weighted by Gasteiger charge is -2.35. The number of unbranched alkanes of at least 4 members (excludes halogenated alkanes) is 4. The third-order valence-corrected chi connectivity index (χ3v) is 2.78. The number of methoxy groups -OCH3 is 1. The molecular formula is C11H22O2. The van der Waals surface area contributed by atoms with Crippen molar-refractivity contribution in [2.75, 3.05) is 13.7 Å². The van der Waals surface area contributed by atoms with Gasteiger partial charge in [-0.25, -0.2) is 0 Å². The molecule has 0 amide bonds. The van der Waals surface area contributed by atoms with Crippen molar-refractivity contribution in [3.8, 4) is 0 Å². The normalized spacial score (nSPS) is 27.2. The van der Waals surface area contributed by atoms with Gasteiger partial charge >= 0.3 is 0 Å². The largest absolute Gasteiger partial charge is 0.376 e. The molecule has 0 aliphatic carbocycles. The molecule has 0 aromatic rings. The summed E-state index contributed by atoms with van der Waals surface area (Å²) in [6.45, 7) is 3.05. The van der Waals surface area contributed by atoms with Gasteiger partial charge in [0.25, 0.3) is 0 Å². The van der Waals surface area contributed by atoms with E-state index in [0.717, 1.165) is 6.61 Å². The predicted molar refractivity (Wildman–Crippen MR) is 53.9 cm³/mol. The zero-order valence-corrected chi connectivity index (χ0v) is 8.92. The van der Waals surface area contributed by atoms with Crippen LogP contribution in [0.3, 0.4) is 0 Å². The van der Waals surface area contributed by atoms with E-state index in [0.29, 0.717) is 12.2 Å². The molecule has 2 atom stereocenters. The lowest BCUT2D eigenvalue weighted by atomic mass is 10.0. The van der Waals surface area contributed by atoms with Crippen molar-refractivity contribution in [1.82, 2.24) is 0 Å². The molecule has 0 spiro atoms. The highest BCUT2D eigenvalue weighted by atomic mass is 16.6. The molecule has 1 aliphatic heterocycles. The SMILES string of the molecule is CCCCCCCC1OCC1OC. The molecule has 2 unspecified atom stereocenters. The Bertz CT molecular complexity index is 123. The van der Waals surface area contributed by atoms with E-state index < -0.39 is 0 Å². The minimum atomic E-state index is 0.381. The molecule has 2 nitrogen and oxygen atoms in total. The summed E-state index contributed by atoms with van der Waals surface area (Å²) in [4.78, 5) is 0. The Hall–Kier alpha value is -0.0800. The van der Waals surface area contributed by atoms with E-state index in [2.05, 4.69) is 6.92 Å². The van der Waals surface area contributed by atoms with Crippen LogP contribution in [0, 0.1) is 0 Å². The van der Waals surface area contributed by atoms with Gasteiger partial charge in [-0.15, -0.1) is 0 Å². The molecule has 1 rings (SSSR count). The van der Waals surface area contributed by atoms with Crippen molar-refractivity contribution in [1.29, 1.82) is 0 Å². The minimum absolute atomic E-state index is 0.381. The van der Waals surface area contributed by atoms with Gasteiger partial charge in [0.2, 0.25) is 0 Å². The summed E-state index contributed by atoms with van der Waals surface area (Å²) in [6.07, 6.45) is 8.68. The predicted octanol–water partition coefficient (Wildman–Crippen LogP) is 2.76. The smallest absolute Gasteiger partial charge is 0.107 e. The van der Waals surface area contributed by atoms with Gasteiger partial charge < -0.3 is 9.47 Å². The summed E-state index contributed by atoms with van der Waals surface area (Å²) in [6, 6.07) is 0. The summed E-state index contributed by atoms with van der Waals surface area (Å²) in [5.41, 5.74) is 0. The fourth-order valence-electron chi connectivity index (χ4n) is 1.75. The number of rotatable bonds is 7. The Morgan fingerprint density at radius 2 is 2.00 bits per heavy atom. The van der Waals surface area contributed by atoms with Crippen LogP contribution in [-0.2, 0) is 9.47 Å². The number of hydrogen-bond donors (Lipinski definition) is 0. The van der Waals surface area contributed by atoms with Gasteiger partial charge in [0.05, 0.1) is 12.7 Å². The van der Waals surface area contributed by atoms with E-state index in [1.807, 2.05) is 0 Å². The monoisotopic (exact) mass is 186 g/mol. The van der Waals surface area contributed by atoms with E-state index >= 15 is 0 Å². The Labute approximate surface area is 81.6 Å². The number of hydrogen-bond acceptors (Lipinski definition) is 2. The zero-order valence-electron chi connectivity index (χ0n) is 8.92. The Kier molecular flexibility index (Phi) is 5.40. The third kappa shape index (κ3) is 3.65. The lowest BCUT2D eigenvalue weighted by molar-refractivity contribution is -0.178. The Morgan fingerprint density at radius 3 is 2.54 bits per heavy atom. The van der Waals surface area contributed by atoms with Crippen molar-refractivity contribution in [3.05, 3.63) is 0 Å². The van der Waals surface area contributed by atoms with Crippen LogP contribution in [0.25, 0.3) is 0 Å². The molecule has 2 heteroatoms. The summed E-state index contributed by atoms with van der Waals surface area (Å²) in [5, 5.41) is 0. The average Bonchev–Trinajstić information content (AvgIpc) is 2.10. The maximum absolute atomic E-state index is 5.42. The van der Waals surface area contributed by atoms with Crippen LogP contribution in [0.4, 0.5) is 0 Å². The van der Waals surface area contributed by atoms with Crippen LogP contribution in [0.2, 0.25) is 0 Å². The minimum Gasteiger partial charge on any atom is -0.376 e. The average molecular weight is 186 g/mol. The lowest BCUT2D eigenvalue weighted by Crippen LogP contribution is -2.45. The first-order valence-electron chi connectivity index (χ1n) is 5.53. The molecule has 13 heavy (non-hydrogen) atoms. The quantitative estimate of drug-likeness (QED) is 0.569. The maximum Gasteiger partial charge on any atom is 0.107 e. The molecule has 1 heterocycles. The van der Waals surface area contributed by atoms with Crippen LogP contribution < -0.4 is 0 Å². The van der Waals surface area contributed by atoms with E-state index in [1.54, 1.807) is 7.11 Å². The fraction of sp³-hybridized carbons (Fsp3) is 1.00. The van der Waals surface area contributed by atoms with Gasteiger partial charge in [-0.2, -0.15) is 0 Å². The van der Waals surface area contributed by atoms with Crippen LogP contribution in [-0.4, -0.2) is 25.9 Å². The second kappa shape index (κ2) is 6.39. The molecule has 78 valence electrons. The molecule has 0 aromatic heterocycles. The summed E-state index contributed by atoms with van der Waals surface area (Å²) in [7, 11) is 1.78. The van der Waals surface area contributed by atoms with Gasteiger partial charge in [-0.3, -0.25) is 0 Å². The van der Waals surface area contributed by atoms with Gasteiger partial charge in [0, 0.05) is 7.11 Å². The Morgan fingerprint density at radius 1 is 1.23 bits per heavy atom. The highest BCUT2D eigenvalue weighted by Gasteiger charge is 2.30. The van der Waals surface area contributed by atoms with Crippen molar-refractivity contribution in [2.45, 2.75) is 57.7 Å². The first kappa shape index (κ1) is 11.0. The van der Waals surface area contributed by atoms with E-state index in [-0.39, 0.29) is 0 Å². The summed E-state index contributed by atoms with van der Waals surface area (Å²) >= 11 is 0. The van der Waals surface area contributed by atoms with Crippen LogP contribution in [0.15, 0.2) is 0 Å². The molecule has 0 bridgehead atoms. The van der Waals surface area contributed by atoms with Gasteiger partial charge in [0.15, 0.2) is 0 Å².